The molecule has 1 aliphatic heterocycles. The third-order valence-electron chi connectivity index (χ3n) is 4.87. The first kappa shape index (κ1) is 19.5. The fourth-order valence-electron chi connectivity index (χ4n) is 3.35. The first-order chi connectivity index (χ1) is 12.9. The van der Waals surface area contributed by atoms with E-state index in [-0.39, 0.29) is 30.4 Å². The predicted octanol–water partition coefficient (Wildman–Crippen LogP) is 2.59. The summed E-state index contributed by atoms with van der Waals surface area (Å²) in [7, 11) is 0. The van der Waals surface area contributed by atoms with E-state index in [4.69, 9.17) is 4.74 Å². The summed E-state index contributed by atoms with van der Waals surface area (Å²) in [5.74, 6) is 0.229. The summed E-state index contributed by atoms with van der Waals surface area (Å²) in [5, 5.41) is 3.83. The molecule has 1 saturated heterocycles. The average Bonchev–Trinajstić information content (AvgIpc) is 2.93. The number of nitrogens with zero attached hydrogens (tertiary/aromatic N) is 3. The maximum atomic E-state index is 12.3. The number of aromatic nitrogens is 2. The third kappa shape index (κ3) is 4.37. The number of thiophene rings is 1. The number of hydrogen-bond donors (Lipinski definition) is 1. The van der Waals surface area contributed by atoms with E-state index in [2.05, 4.69) is 34.0 Å². The number of nitrogens with one attached hydrogen (secondary N) is 1. The van der Waals surface area contributed by atoms with E-state index in [9.17, 15) is 9.59 Å². The summed E-state index contributed by atoms with van der Waals surface area (Å²) in [6, 6.07) is 0.0355. The number of amides is 1. The van der Waals surface area contributed by atoms with Crippen LogP contribution in [0.15, 0.2) is 6.33 Å². The van der Waals surface area contributed by atoms with Crippen LogP contribution >= 0.6 is 11.3 Å². The number of piperidine rings is 1. The quantitative estimate of drug-likeness (QED) is 0.790. The number of ether oxygens (including phenoxy) is 1. The molecule has 0 atom stereocenters. The van der Waals surface area contributed by atoms with E-state index in [0.717, 1.165) is 29.1 Å². The van der Waals surface area contributed by atoms with E-state index < -0.39 is 0 Å². The number of aryl methyl sites for hydroxylation is 2. The molecular formula is C19H26N4O3S. The zero-order valence-electron chi connectivity index (χ0n) is 16.2. The molecule has 7 nitrogen and oxygen atoms in total. The van der Waals surface area contributed by atoms with Crippen LogP contribution in [0, 0.1) is 19.8 Å². The summed E-state index contributed by atoms with van der Waals surface area (Å²) in [4.78, 5) is 37.3. The lowest BCUT2D eigenvalue weighted by Gasteiger charge is -2.32. The Hall–Kier alpha value is -2.22. The van der Waals surface area contributed by atoms with Gasteiger partial charge in [0, 0.05) is 24.0 Å². The average molecular weight is 391 g/mol. The van der Waals surface area contributed by atoms with Crippen LogP contribution in [-0.2, 0) is 14.3 Å². The van der Waals surface area contributed by atoms with Crippen molar-refractivity contribution in [3.63, 3.8) is 0 Å². The molecule has 0 radical (unpaired) electrons. The Morgan fingerprint density at radius 2 is 2.00 bits per heavy atom. The smallest absolute Gasteiger partial charge is 0.309 e. The van der Waals surface area contributed by atoms with Crippen molar-refractivity contribution >= 4 is 39.2 Å². The zero-order valence-corrected chi connectivity index (χ0v) is 17.1. The molecule has 2 aromatic rings. The minimum atomic E-state index is -0.288. The molecule has 1 N–H and O–H groups in total. The van der Waals surface area contributed by atoms with Gasteiger partial charge in [-0.3, -0.25) is 9.59 Å². The highest BCUT2D eigenvalue weighted by Crippen LogP contribution is 2.35. The topological polar surface area (TPSA) is 84.4 Å². The van der Waals surface area contributed by atoms with Crippen LogP contribution in [0.5, 0.6) is 0 Å². The molecule has 8 heteroatoms. The van der Waals surface area contributed by atoms with Crippen molar-refractivity contribution in [3.05, 3.63) is 16.8 Å². The van der Waals surface area contributed by atoms with Gasteiger partial charge in [0.15, 0.2) is 6.61 Å². The van der Waals surface area contributed by atoms with Gasteiger partial charge < -0.3 is 15.0 Å². The number of anilines is 1. The van der Waals surface area contributed by atoms with Crippen LogP contribution in [-0.4, -0.2) is 47.6 Å². The lowest BCUT2D eigenvalue weighted by molar-refractivity contribution is -0.153. The Labute approximate surface area is 163 Å². The van der Waals surface area contributed by atoms with Gasteiger partial charge in [0.25, 0.3) is 5.91 Å². The van der Waals surface area contributed by atoms with E-state index in [1.807, 2.05) is 13.8 Å². The first-order valence-electron chi connectivity index (χ1n) is 9.28. The summed E-state index contributed by atoms with van der Waals surface area (Å²) in [5.41, 5.74) is 1.23. The van der Waals surface area contributed by atoms with Gasteiger partial charge in [-0.25, -0.2) is 9.97 Å². The predicted molar refractivity (Wildman–Crippen MR) is 106 cm³/mol. The van der Waals surface area contributed by atoms with Crippen LogP contribution in [0.1, 0.15) is 37.1 Å². The number of fused-ring (bicyclic) bond motifs is 1. The molecule has 1 amide bonds. The Balaban J connectivity index is 1.59. The second-order valence-corrected chi connectivity index (χ2v) is 8.46. The molecule has 1 fully saturated rings. The Morgan fingerprint density at radius 1 is 1.30 bits per heavy atom. The maximum Gasteiger partial charge on any atom is 0.309 e. The van der Waals surface area contributed by atoms with Crippen molar-refractivity contribution in [1.29, 1.82) is 0 Å². The molecule has 3 rings (SSSR count). The van der Waals surface area contributed by atoms with Crippen molar-refractivity contribution in [2.75, 3.05) is 24.6 Å². The number of esters is 1. The van der Waals surface area contributed by atoms with Crippen LogP contribution in [0.2, 0.25) is 0 Å². The van der Waals surface area contributed by atoms with E-state index in [1.54, 1.807) is 17.7 Å². The minimum absolute atomic E-state index is 0.0355. The molecule has 0 saturated carbocycles. The molecule has 146 valence electrons. The van der Waals surface area contributed by atoms with Gasteiger partial charge in [0.2, 0.25) is 0 Å². The highest BCUT2D eigenvalue weighted by molar-refractivity contribution is 7.18. The summed E-state index contributed by atoms with van der Waals surface area (Å²) >= 11 is 1.69. The normalized spacial score (nSPS) is 15.4. The number of carbonyl (C=O) groups is 2. The fraction of sp³-hybridized carbons (Fsp3) is 0.579. The van der Waals surface area contributed by atoms with Crippen molar-refractivity contribution in [3.8, 4) is 0 Å². The second-order valence-electron chi connectivity index (χ2n) is 7.25. The SMILES string of the molecule is Cc1sc2ncnc(N3CCC(C(=O)OCC(=O)NC(C)C)CC3)c2c1C. The molecule has 3 heterocycles. The van der Waals surface area contributed by atoms with Gasteiger partial charge in [0.1, 0.15) is 17.0 Å². The first-order valence-corrected chi connectivity index (χ1v) is 10.1. The third-order valence-corrected chi connectivity index (χ3v) is 5.98. The van der Waals surface area contributed by atoms with Gasteiger partial charge in [-0.05, 0) is 46.1 Å². The van der Waals surface area contributed by atoms with Gasteiger partial charge in [-0.15, -0.1) is 11.3 Å². The highest BCUT2D eigenvalue weighted by atomic mass is 32.1. The summed E-state index contributed by atoms with van der Waals surface area (Å²) in [6.07, 6.45) is 3.00. The van der Waals surface area contributed by atoms with Crippen molar-refractivity contribution in [1.82, 2.24) is 15.3 Å². The Kier molecular flexibility index (Phi) is 5.94. The van der Waals surface area contributed by atoms with Crippen LogP contribution in [0.25, 0.3) is 10.2 Å². The van der Waals surface area contributed by atoms with E-state index >= 15 is 0 Å². The maximum absolute atomic E-state index is 12.3. The van der Waals surface area contributed by atoms with Crippen LogP contribution in [0.4, 0.5) is 5.82 Å². The van der Waals surface area contributed by atoms with Gasteiger partial charge in [0.05, 0.1) is 11.3 Å². The van der Waals surface area contributed by atoms with Crippen LogP contribution in [0.3, 0.4) is 0 Å². The lowest BCUT2D eigenvalue weighted by Crippen LogP contribution is -2.39. The molecule has 0 unspecified atom stereocenters. The molecule has 27 heavy (non-hydrogen) atoms. The summed E-state index contributed by atoms with van der Waals surface area (Å²) in [6.45, 7) is 9.21. The van der Waals surface area contributed by atoms with Crippen molar-refractivity contribution in [2.24, 2.45) is 5.92 Å². The number of hydrogen-bond acceptors (Lipinski definition) is 7. The Morgan fingerprint density at radius 3 is 2.67 bits per heavy atom. The number of carbonyl (C=O) groups excluding carboxylic acids is 2. The zero-order chi connectivity index (χ0) is 19.6. The molecule has 2 aromatic heterocycles. The van der Waals surface area contributed by atoms with Gasteiger partial charge >= 0.3 is 5.97 Å². The lowest BCUT2D eigenvalue weighted by atomic mass is 9.97. The minimum Gasteiger partial charge on any atom is -0.455 e. The summed E-state index contributed by atoms with van der Waals surface area (Å²) < 4.78 is 5.18. The fourth-order valence-corrected chi connectivity index (χ4v) is 4.34. The monoisotopic (exact) mass is 390 g/mol. The molecule has 0 aliphatic carbocycles. The van der Waals surface area contributed by atoms with Gasteiger partial charge in [-0.1, -0.05) is 0 Å². The molecular weight excluding hydrogens is 364 g/mol. The second kappa shape index (κ2) is 8.21. The Bertz CT molecular complexity index is 841. The van der Waals surface area contributed by atoms with E-state index in [0.29, 0.717) is 12.8 Å². The van der Waals surface area contributed by atoms with Crippen LogP contribution < -0.4 is 10.2 Å². The largest absolute Gasteiger partial charge is 0.455 e. The molecule has 0 spiro atoms. The van der Waals surface area contributed by atoms with Crippen molar-refractivity contribution in [2.45, 2.75) is 46.6 Å². The van der Waals surface area contributed by atoms with Gasteiger partial charge in [-0.2, -0.15) is 0 Å². The standard InChI is InChI=1S/C19H26N4O3S/c1-11(2)22-15(24)9-26-19(25)14-5-7-23(8-6-14)17-16-12(3)13(4)27-18(16)21-10-20-17/h10-11,14H,5-9H2,1-4H3,(H,22,24). The van der Waals surface area contributed by atoms with Crippen molar-refractivity contribution < 1.29 is 14.3 Å². The number of rotatable bonds is 5. The van der Waals surface area contributed by atoms with E-state index in [1.165, 1.54) is 10.4 Å². The molecule has 0 aromatic carbocycles. The molecule has 1 aliphatic rings. The highest BCUT2D eigenvalue weighted by Gasteiger charge is 2.28. The molecule has 0 bridgehead atoms.